The van der Waals surface area contributed by atoms with Gasteiger partial charge in [-0.15, -0.1) is 0 Å². The molecule has 0 nitrogen and oxygen atoms in total. The molecule has 0 saturated heterocycles. The zero-order valence-corrected chi connectivity index (χ0v) is 22.6. The Hall–Kier alpha value is -2.26. The lowest BCUT2D eigenvalue weighted by Gasteiger charge is -2.31. The maximum Gasteiger partial charge on any atom is -0.0129 e. The van der Waals surface area contributed by atoms with Gasteiger partial charge in [-0.05, 0) is 72.9 Å². The summed E-state index contributed by atoms with van der Waals surface area (Å²) in [7, 11) is -0.568. The monoisotopic (exact) mass is 494 g/mol. The molecular formula is C33H36P2. The Morgan fingerprint density at radius 1 is 0.543 bits per heavy atom. The minimum Gasteiger partial charge on any atom is -0.0650 e. The third-order valence-corrected chi connectivity index (χ3v) is 12.8. The number of rotatable bonds is 8. The summed E-state index contributed by atoms with van der Waals surface area (Å²) in [6, 6.07) is 41.3. The number of benzene rings is 4. The normalized spacial score (nSPS) is 16.0. The quantitative estimate of drug-likeness (QED) is 0.218. The van der Waals surface area contributed by atoms with Crippen molar-refractivity contribution in [2.24, 2.45) is 0 Å². The molecule has 0 amide bonds. The van der Waals surface area contributed by atoms with E-state index in [1.54, 1.807) is 0 Å². The third-order valence-electron chi connectivity index (χ3n) is 7.15. The van der Waals surface area contributed by atoms with Crippen LogP contribution in [0.25, 0.3) is 11.1 Å². The van der Waals surface area contributed by atoms with E-state index in [0.29, 0.717) is 0 Å². The molecule has 0 spiro atoms. The predicted molar refractivity (Wildman–Crippen MR) is 159 cm³/mol. The molecule has 178 valence electrons. The summed E-state index contributed by atoms with van der Waals surface area (Å²) in [5, 5.41) is 6.04. The molecule has 2 atom stereocenters. The van der Waals surface area contributed by atoms with Gasteiger partial charge in [-0.1, -0.05) is 142 Å². The average molecular weight is 495 g/mol. The van der Waals surface area contributed by atoms with Crippen molar-refractivity contribution in [3.05, 3.63) is 109 Å². The van der Waals surface area contributed by atoms with E-state index < -0.39 is 0 Å². The average Bonchev–Trinajstić information content (AvgIpc) is 2.94. The van der Waals surface area contributed by atoms with Gasteiger partial charge in [0, 0.05) is 0 Å². The van der Waals surface area contributed by atoms with Crippen LogP contribution in [0.3, 0.4) is 0 Å². The molecule has 4 aromatic carbocycles. The molecule has 1 saturated carbocycles. The molecule has 4 aromatic rings. The highest BCUT2D eigenvalue weighted by Gasteiger charge is 2.26. The summed E-state index contributed by atoms with van der Waals surface area (Å²) >= 11 is 0. The van der Waals surface area contributed by atoms with Crippen molar-refractivity contribution in [1.29, 1.82) is 0 Å². The first kappa shape index (κ1) is 24.4. The molecule has 1 aliphatic carbocycles. The molecular weight excluding hydrogens is 458 g/mol. The Balaban J connectivity index is 1.38. The second kappa shape index (κ2) is 12.1. The van der Waals surface area contributed by atoms with Gasteiger partial charge >= 0.3 is 0 Å². The fraction of sp³-hybridized carbons (Fsp3) is 0.273. The van der Waals surface area contributed by atoms with E-state index in [0.717, 1.165) is 5.66 Å². The summed E-state index contributed by atoms with van der Waals surface area (Å²) in [5.41, 5.74) is 3.47. The van der Waals surface area contributed by atoms with Crippen LogP contribution >= 0.6 is 15.8 Å². The van der Waals surface area contributed by atoms with Gasteiger partial charge in [0.05, 0.1) is 0 Å². The van der Waals surface area contributed by atoms with Crippen LogP contribution in [0.2, 0.25) is 0 Å². The first-order valence-corrected chi connectivity index (χ1v) is 16.1. The number of hydrogen-bond acceptors (Lipinski definition) is 0. The standard InChI is InChI=1S/C33H36P2/c1-2-26-34(29-12-6-3-7-13-29)30-22-18-27(19-23-30)28-20-24-33(25-21-28)35(31-14-8-4-9-15-31)32-16-10-5-11-17-32/h3-4,6-9,12-15,18-25,32H,2,5,10-11,16-17,26H2,1H3. The van der Waals surface area contributed by atoms with Crippen molar-refractivity contribution in [2.45, 2.75) is 51.1 Å². The van der Waals surface area contributed by atoms with Crippen LogP contribution in [0.4, 0.5) is 0 Å². The van der Waals surface area contributed by atoms with Gasteiger partial charge in [-0.3, -0.25) is 0 Å². The van der Waals surface area contributed by atoms with Crippen molar-refractivity contribution in [1.82, 2.24) is 0 Å². The molecule has 0 aliphatic heterocycles. The molecule has 0 bridgehead atoms. The Morgan fingerprint density at radius 3 is 1.54 bits per heavy atom. The lowest BCUT2D eigenvalue weighted by atomic mass is 10.0. The maximum atomic E-state index is 2.42. The minimum absolute atomic E-state index is 0.277. The SMILES string of the molecule is CCCP(c1ccccc1)c1ccc(-c2ccc(P(c3ccccc3)C3CCCCC3)cc2)cc1. The van der Waals surface area contributed by atoms with Gasteiger partial charge < -0.3 is 0 Å². The van der Waals surface area contributed by atoms with E-state index in [9.17, 15) is 0 Å². The molecule has 2 unspecified atom stereocenters. The second-order valence-electron chi connectivity index (χ2n) is 9.58. The molecule has 5 rings (SSSR count). The zero-order chi connectivity index (χ0) is 23.9. The highest BCUT2D eigenvalue weighted by Crippen LogP contribution is 2.46. The summed E-state index contributed by atoms with van der Waals surface area (Å²) in [5.74, 6) is 0. The third kappa shape index (κ3) is 5.94. The Morgan fingerprint density at radius 2 is 1.00 bits per heavy atom. The summed E-state index contributed by atoms with van der Waals surface area (Å²) < 4.78 is 0. The van der Waals surface area contributed by atoms with Gasteiger partial charge in [0.2, 0.25) is 0 Å². The van der Waals surface area contributed by atoms with Gasteiger partial charge in [0.1, 0.15) is 0 Å². The topological polar surface area (TPSA) is 0 Å². The summed E-state index contributed by atoms with van der Waals surface area (Å²) in [6.45, 7) is 2.30. The Labute approximate surface area is 214 Å². The first-order chi connectivity index (χ1) is 17.3. The van der Waals surface area contributed by atoms with E-state index in [1.807, 2.05) is 0 Å². The predicted octanol–water partition coefficient (Wildman–Crippen LogP) is 7.96. The fourth-order valence-corrected chi connectivity index (χ4v) is 10.7. The van der Waals surface area contributed by atoms with Crippen molar-refractivity contribution in [3.8, 4) is 11.1 Å². The highest BCUT2D eigenvalue weighted by molar-refractivity contribution is 7.73. The van der Waals surface area contributed by atoms with Crippen molar-refractivity contribution in [3.63, 3.8) is 0 Å². The van der Waals surface area contributed by atoms with Crippen LogP contribution < -0.4 is 21.2 Å². The summed E-state index contributed by atoms with van der Waals surface area (Å²) in [4.78, 5) is 0. The maximum absolute atomic E-state index is 2.42. The lowest BCUT2D eigenvalue weighted by Crippen LogP contribution is -2.23. The highest BCUT2D eigenvalue weighted by atomic mass is 31.1. The molecule has 0 heterocycles. The van der Waals surface area contributed by atoms with Crippen LogP contribution in [-0.4, -0.2) is 11.8 Å². The van der Waals surface area contributed by atoms with E-state index in [2.05, 4.69) is 116 Å². The summed E-state index contributed by atoms with van der Waals surface area (Å²) in [6.07, 6.45) is 9.42. The van der Waals surface area contributed by atoms with Gasteiger partial charge in [-0.25, -0.2) is 0 Å². The smallest absolute Gasteiger partial charge is 0.0129 e. The second-order valence-corrected chi connectivity index (χ2v) is 14.4. The van der Waals surface area contributed by atoms with Gasteiger partial charge in [0.25, 0.3) is 0 Å². The van der Waals surface area contributed by atoms with Crippen LogP contribution in [0.1, 0.15) is 45.4 Å². The molecule has 35 heavy (non-hydrogen) atoms. The largest absolute Gasteiger partial charge is 0.0650 e. The number of hydrogen-bond donors (Lipinski definition) is 0. The van der Waals surface area contributed by atoms with Gasteiger partial charge in [0.15, 0.2) is 0 Å². The van der Waals surface area contributed by atoms with Crippen LogP contribution in [-0.2, 0) is 0 Å². The van der Waals surface area contributed by atoms with Crippen LogP contribution in [0.15, 0.2) is 109 Å². The molecule has 2 heteroatoms. The van der Waals surface area contributed by atoms with Crippen molar-refractivity contribution >= 4 is 37.1 Å². The van der Waals surface area contributed by atoms with E-state index in [4.69, 9.17) is 0 Å². The van der Waals surface area contributed by atoms with E-state index in [1.165, 1.54) is 77.0 Å². The van der Waals surface area contributed by atoms with Crippen molar-refractivity contribution in [2.75, 3.05) is 6.16 Å². The minimum atomic E-state index is -0.292. The van der Waals surface area contributed by atoms with Crippen molar-refractivity contribution < 1.29 is 0 Å². The first-order valence-electron chi connectivity index (χ1n) is 13.2. The Kier molecular flexibility index (Phi) is 8.46. The molecule has 1 fully saturated rings. The van der Waals surface area contributed by atoms with E-state index in [-0.39, 0.29) is 15.8 Å². The van der Waals surface area contributed by atoms with Gasteiger partial charge in [-0.2, -0.15) is 0 Å². The molecule has 0 aromatic heterocycles. The van der Waals surface area contributed by atoms with Crippen LogP contribution in [0, 0.1) is 0 Å². The zero-order valence-electron chi connectivity index (χ0n) is 20.8. The van der Waals surface area contributed by atoms with Crippen LogP contribution in [0.5, 0.6) is 0 Å². The molecule has 1 aliphatic rings. The Bertz CT molecular complexity index is 1160. The lowest BCUT2D eigenvalue weighted by molar-refractivity contribution is 0.513. The molecule has 0 N–H and O–H groups in total. The van der Waals surface area contributed by atoms with E-state index >= 15 is 0 Å². The fourth-order valence-electron chi connectivity index (χ4n) is 5.39. The molecule has 0 radical (unpaired) electrons.